The number of fused-ring (bicyclic) bond motifs is 1. The molecule has 1 aromatic carbocycles. The van der Waals surface area contributed by atoms with E-state index < -0.39 is 23.7 Å². The summed E-state index contributed by atoms with van der Waals surface area (Å²) in [7, 11) is 0. The molecule has 1 N–H and O–H groups in total. The second-order valence-corrected chi connectivity index (χ2v) is 7.45. The Morgan fingerprint density at radius 2 is 2.16 bits per heavy atom. The Balaban J connectivity index is 1.34. The first-order chi connectivity index (χ1) is 11.9. The highest BCUT2D eigenvalue weighted by molar-refractivity contribution is 6.31. The zero-order chi connectivity index (χ0) is 17.7. The van der Waals surface area contributed by atoms with Crippen molar-refractivity contribution in [2.24, 2.45) is 23.7 Å². The third kappa shape index (κ3) is 2.78. The molecular formula is C18H18ClNO5. The molecule has 3 fully saturated rings. The Hall–Kier alpha value is -2.08. The van der Waals surface area contributed by atoms with Crippen LogP contribution in [0.3, 0.4) is 0 Å². The van der Waals surface area contributed by atoms with Crippen LogP contribution >= 0.6 is 11.6 Å². The van der Waals surface area contributed by atoms with Crippen LogP contribution in [0.25, 0.3) is 0 Å². The molecule has 0 radical (unpaired) electrons. The Bertz CT molecular complexity index is 762. The first-order valence-corrected chi connectivity index (χ1v) is 8.75. The highest BCUT2D eigenvalue weighted by Crippen LogP contribution is 2.57. The van der Waals surface area contributed by atoms with Gasteiger partial charge in [0.1, 0.15) is 6.10 Å². The van der Waals surface area contributed by atoms with E-state index in [-0.39, 0.29) is 30.5 Å². The van der Waals surface area contributed by atoms with Gasteiger partial charge in [0.2, 0.25) is 0 Å². The fourth-order valence-electron chi connectivity index (χ4n) is 4.43. The van der Waals surface area contributed by atoms with Gasteiger partial charge in [-0.25, -0.2) is 0 Å². The molecule has 132 valence electrons. The van der Waals surface area contributed by atoms with E-state index in [1.54, 1.807) is 18.2 Å². The van der Waals surface area contributed by atoms with Crippen LogP contribution < -0.4 is 5.32 Å². The molecule has 0 aromatic heterocycles. The topological polar surface area (TPSA) is 81.7 Å². The van der Waals surface area contributed by atoms with Crippen molar-refractivity contribution >= 4 is 35.1 Å². The second-order valence-electron chi connectivity index (χ2n) is 7.04. The van der Waals surface area contributed by atoms with Gasteiger partial charge in [0.25, 0.3) is 5.91 Å². The minimum Gasteiger partial charge on any atom is -0.462 e. The zero-order valence-corrected chi connectivity index (χ0v) is 14.4. The number of esters is 2. The molecule has 0 spiro atoms. The van der Waals surface area contributed by atoms with Crippen LogP contribution in [0.2, 0.25) is 5.02 Å². The molecule has 3 aliphatic rings. The number of carbonyl (C=O) groups is 3. The van der Waals surface area contributed by atoms with Gasteiger partial charge in [-0.1, -0.05) is 17.7 Å². The summed E-state index contributed by atoms with van der Waals surface area (Å²) in [6.45, 7) is 1.48. The van der Waals surface area contributed by atoms with Gasteiger partial charge < -0.3 is 14.8 Å². The van der Waals surface area contributed by atoms with Crippen LogP contribution in [0.1, 0.15) is 18.4 Å². The first kappa shape index (κ1) is 16.4. The predicted molar refractivity (Wildman–Crippen MR) is 88.9 cm³/mol. The maximum absolute atomic E-state index is 12.4. The molecule has 2 bridgehead atoms. The number of amides is 1. The maximum Gasteiger partial charge on any atom is 0.310 e. The predicted octanol–water partition coefficient (Wildman–Crippen LogP) is 2.33. The normalized spacial score (nSPS) is 31.8. The van der Waals surface area contributed by atoms with E-state index in [0.29, 0.717) is 10.7 Å². The molecule has 1 saturated heterocycles. The van der Waals surface area contributed by atoms with Gasteiger partial charge in [-0.3, -0.25) is 14.4 Å². The van der Waals surface area contributed by atoms with Crippen molar-refractivity contribution in [3.8, 4) is 0 Å². The minimum absolute atomic E-state index is 0.0267. The summed E-state index contributed by atoms with van der Waals surface area (Å²) < 4.78 is 10.5. The highest BCUT2D eigenvalue weighted by Gasteiger charge is 2.64. The van der Waals surface area contributed by atoms with Crippen molar-refractivity contribution in [3.63, 3.8) is 0 Å². The van der Waals surface area contributed by atoms with E-state index in [4.69, 9.17) is 21.1 Å². The minimum atomic E-state index is -0.480. The smallest absolute Gasteiger partial charge is 0.310 e. The fourth-order valence-corrected chi connectivity index (χ4v) is 4.61. The van der Waals surface area contributed by atoms with E-state index >= 15 is 0 Å². The van der Waals surface area contributed by atoms with E-state index in [0.717, 1.165) is 18.4 Å². The molecule has 1 amide bonds. The van der Waals surface area contributed by atoms with Crippen LogP contribution in [0.5, 0.6) is 0 Å². The van der Waals surface area contributed by atoms with Crippen molar-refractivity contribution in [3.05, 3.63) is 28.8 Å². The quantitative estimate of drug-likeness (QED) is 0.830. The van der Waals surface area contributed by atoms with Crippen molar-refractivity contribution in [2.75, 3.05) is 11.9 Å². The number of halogens is 1. The van der Waals surface area contributed by atoms with Crippen LogP contribution in [-0.4, -0.2) is 30.6 Å². The highest BCUT2D eigenvalue weighted by atomic mass is 35.5. The van der Waals surface area contributed by atoms with E-state index in [9.17, 15) is 14.4 Å². The maximum atomic E-state index is 12.4. The van der Waals surface area contributed by atoms with Crippen molar-refractivity contribution < 1.29 is 23.9 Å². The van der Waals surface area contributed by atoms with Gasteiger partial charge in [-0.2, -0.15) is 0 Å². The van der Waals surface area contributed by atoms with Gasteiger partial charge in [0, 0.05) is 16.6 Å². The number of ether oxygens (including phenoxy) is 2. The Kier molecular flexibility index (Phi) is 3.95. The summed E-state index contributed by atoms with van der Waals surface area (Å²) in [5.74, 6) is -1.82. The Labute approximate surface area is 149 Å². The third-order valence-electron chi connectivity index (χ3n) is 5.56. The van der Waals surface area contributed by atoms with Gasteiger partial charge >= 0.3 is 11.9 Å². The van der Waals surface area contributed by atoms with Crippen LogP contribution in [0, 0.1) is 30.6 Å². The lowest BCUT2D eigenvalue weighted by Gasteiger charge is -2.22. The lowest BCUT2D eigenvalue weighted by atomic mass is 9.80. The zero-order valence-electron chi connectivity index (χ0n) is 13.7. The molecule has 2 aliphatic carbocycles. The van der Waals surface area contributed by atoms with Crippen LogP contribution in [-0.2, 0) is 23.9 Å². The lowest BCUT2D eigenvalue weighted by molar-refractivity contribution is -0.157. The molecule has 1 heterocycles. The number of hydrogen-bond acceptors (Lipinski definition) is 5. The number of nitrogens with one attached hydrogen (secondary N) is 1. The standard InChI is InChI=1S/C18H18ClNO5/c1-8-2-3-10(6-12(8)19)20-14(21)7-24-17(22)15-9-4-11-13(5-9)25-18(23)16(11)15/h2-3,6,9,11,13,15-16H,4-5,7H2,1H3,(H,20,21)/t9-,11+,13-,15-,16-/m1/s1. The average Bonchev–Trinajstić information content (AvgIpc) is 3.18. The van der Waals surface area contributed by atoms with E-state index in [2.05, 4.69) is 5.32 Å². The van der Waals surface area contributed by atoms with E-state index in [1.807, 2.05) is 6.92 Å². The molecular weight excluding hydrogens is 346 g/mol. The summed E-state index contributed by atoms with van der Waals surface area (Å²) in [6, 6.07) is 5.16. The molecule has 0 unspecified atom stereocenters. The van der Waals surface area contributed by atoms with E-state index in [1.165, 1.54) is 0 Å². The molecule has 4 rings (SSSR count). The molecule has 25 heavy (non-hydrogen) atoms. The third-order valence-corrected chi connectivity index (χ3v) is 5.96. The largest absolute Gasteiger partial charge is 0.462 e. The van der Waals surface area contributed by atoms with Crippen molar-refractivity contribution in [2.45, 2.75) is 25.9 Å². The number of rotatable bonds is 4. The van der Waals surface area contributed by atoms with Crippen LogP contribution in [0.4, 0.5) is 5.69 Å². The average molecular weight is 364 g/mol. The molecule has 6 nitrogen and oxygen atoms in total. The van der Waals surface area contributed by atoms with Gasteiger partial charge in [-0.05, 0) is 43.4 Å². The lowest BCUT2D eigenvalue weighted by Crippen LogP contribution is -2.34. The number of benzene rings is 1. The van der Waals surface area contributed by atoms with Crippen LogP contribution in [0.15, 0.2) is 18.2 Å². The molecule has 1 aliphatic heterocycles. The summed E-state index contributed by atoms with van der Waals surface area (Å²) in [4.78, 5) is 36.3. The number of aryl methyl sites for hydroxylation is 1. The monoisotopic (exact) mass is 363 g/mol. The Morgan fingerprint density at radius 3 is 2.92 bits per heavy atom. The number of hydrogen-bond donors (Lipinski definition) is 1. The molecule has 7 heteroatoms. The number of carbonyl (C=O) groups excluding carboxylic acids is 3. The first-order valence-electron chi connectivity index (χ1n) is 8.37. The van der Waals surface area contributed by atoms with Gasteiger partial charge in [-0.15, -0.1) is 0 Å². The summed E-state index contributed by atoms with van der Waals surface area (Å²) >= 11 is 6.02. The van der Waals surface area contributed by atoms with Crippen molar-refractivity contribution in [1.29, 1.82) is 0 Å². The van der Waals surface area contributed by atoms with Gasteiger partial charge in [0.15, 0.2) is 6.61 Å². The summed E-state index contributed by atoms with van der Waals surface area (Å²) in [5, 5.41) is 3.19. The SMILES string of the molecule is Cc1ccc(NC(=O)COC(=O)[C@@H]2[C@@H]3C[C@@H]4[C@H]2C(=O)O[C@@H]4C3)cc1Cl. The molecule has 2 saturated carbocycles. The summed E-state index contributed by atoms with van der Waals surface area (Å²) in [5.41, 5.74) is 1.45. The molecule has 5 atom stereocenters. The molecule has 1 aromatic rings. The number of anilines is 1. The fraction of sp³-hybridized carbons (Fsp3) is 0.500. The van der Waals surface area contributed by atoms with Gasteiger partial charge in [0.05, 0.1) is 11.8 Å². The van der Waals surface area contributed by atoms with Crippen molar-refractivity contribution in [1.82, 2.24) is 0 Å². The Morgan fingerprint density at radius 1 is 1.36 bits per heavy atom. The second kappa shape index (κ2) is 6.02. The summed E-state index contributed by atoms with van der Waals surface area (Å²) in [6.07, 6.45) is 1.52.